The van der Waals surface area contributed by atoms with E-state index in [-0.39, 0.29) is 23.1 Å². The van der Waals surface area contributed by atoms with E-state index in [2.05, 4.69) is 5.32 Å². The number of aliphatic hydroxyl groups excluding tert-OH is 1. The molecule has 176 valence electrons. The molecule has 11 nitrogen and oxygen atoms in total. The molecule has 0 unspecified atom stereocenters. The summed E-state index contributed by atoms with van der Waals surface area (Å²) in [4.78, 5) is 35.8. The van der Waals surface area contributed by atoms with E-state index in [4.69, 9.17) is 5.11 Å². The van der Waals surface area contributed by atoms with Crippen LogP contribution in [-0.2, 0) is 14.8 Å². The van der Waals surface area contributed by atoms with Gasteiger partial charge in [-0.05, 0) is 43.0 Å². The molecule has 33 heavy (non-hydrogen) atoms. The van der Waals surface area contributed by atoms with Crippen LogP contribution in [0.1, 0.15) is 23.2 Å². The van der Waals surface area contributed by atoms with Crippen LogP contribution >= 0.6 is 0 Å². The highest BCUT2D eigenvalue weighted by molar-refractivity contribution is 7.90. The quantitative estimate of drug-likeness (QED) is 0.380. The molecule has 0 spiro atoms. The number of hydrogen-bond donors (Lipinski definition) is 3. The lowest BCUT2D eigenvalue weighted by molar-refractivity contribution is -0.384. The SMILES string of the molecule is O=C(NS(=O)(=O)c1ccc(NCC2CCN(C(=O)CO)CC2)c([N+](=O)[O-])c1)c1ccccc1. The zero-order valence-electron chi connectivity index (χ0n) is 17.6. The fraction of sp³-hybridized carbons (Fsp3) is 0.333. The van der Waals surface area contributed by atoms with E-state index in [1.54, 1.807) is 23.1 Å². The Kier molecular flexibility index (Phi) is 7.61. The molecule has 0 atom stereocenters. The molecule has 1 saturated heterocycles. The van der Waals surface area contributed by atoms with E-state index < -0.39 is 38.0 Å². The first-order valence-electron chi connectivity index (χ1n) is 10.2. The largest absolute Gasteiger partial charge is 0.387 e. The second-order valence-electron chi connectivity index (χ2n) is 7.60. The van der Waals surface area contributed by atoms with Gasteiger partial charge in [-0.1, -0.05) is 18.2 Å². The van der Waals surface area contributed by atoms with Gasteiger partial charge in [-0.25, -0.2) is 13.1 Å². The minimum Gasteiger partial charge on any atom is -0.387 e. The second kappa shape index (κ2) is 10.4. The van der Waals surface area contributed by atoms with Crippen molar-refractivity contribution in [3.8, 4) is 0 Å². The molecule has 1 heterocycles. The summed E-state index contributed by atoms with van der Waals surface area (Å²) < 4.78 is 27.1. The number of carbonyl (C=O) groups excluding carboxylic acids is 2. The summed E-state index contributed by atoms with van der Waals surface area (Å²) in [5.74, 6) is -1.01. The van der Waals surface area contributed by atoms with Gasteiger partial charge in [0.1, 0.15) is 12.3 Å². The van der Waals surface area contributed by atoms with Crippen LogP contribution < -0.4 is 10.0 Å². The number of aliphatic hydroxyl groups is 1. The molecule has 1 aliphatic heterocycles. The molecule has 0 radical (unpaired) electrons. The average Bonchev–Trinajstić information content (AvgIpc) is 2.82. The number of nitrogens with one attached hydrogen (secondary N) is 2. The van der Waals surface area contributed by atoms with E-state index in [0.717, 1.165) is 6.07 Å². The number of amides is 2. The van der Waals surface area contributed by atoms with Crippen molar-refractivity contribution in [3.05, 3.63) is 64.2 Å². The van der Waals surface area contributed by atoms with Gasteiger partial charge in [-0.3, -0.25) is 19.7 Å². The van der Waals surface area contributed by atoms with Gasteiger partial charge in [0.05, 0.1) is 9.82 Å². The summed E-state index contributed by atoms with van der Waals surface area (Å²) in [6.07, 6.45) is 1.34. The third-order valence-electron chi connectivity index (χ3n) is 5.42. The number of benzene rings is 2. The van der Waals surface area contributed by atoms with Gasteiger partial charge >= 0.3 is 0 Å². The number of hydrogen-bond acceptors (Lipinski definition) is 8. The Morgan fingerprint density at radius 2 is 1.79 bits per heavy atom. The molecule has 0 saturated carbocycles. The Morgan fingerprint density at radius 1 is 1.12 bits per heavy atom. The molecule has 2 aromatic rings. The van der Waals surface area contributed by atoms with Crippen LogP contribution in [0.2, 0.25) is 0 Å². The summed E-state index contributed by atoms with van der Waals surface area (Å²) in [5, 5.41) is 23.5. The first-order chi connectivity index (χ1) is 15.7. The summed E-state index contributed by atoms with van der Waals surface area (Å²) >= 11 is 0. The van der Waals surface area contributed by atoms with Crippen molar-refractivity contribution in [1.82, 2.24) is 9.62 Å². The summed E-state index contributed by atoms with van der Waals surface area (Å²) in [6, 6.07) is 11.1. The molecular formula is C21H24N4O7S. The van der Waals surface area contributed by atoms with Crippen LogP contribution in [0.3, 0.4) is 0 Å². The van der Waals surface area contributed by atoms with Gasteiger partial charge in [0.2, 0.25) is 5.91 Å². The van der Waals surface area contributed by atoms with E-state index in [9.17, 15) is 28.1 Å². The maximum Gasteiger partial charge on any atom is 0.293 e. The van der Waals surface area contributed by atoms with Crippen molar-refractivity contribution < 1.29 is 28.0 Å². The number of piperidine rings is 1. The van der Waals surface area contributed by atoms with Crippen molar-refractivity contribution in [1.29, 1.82) is 0 Å². The van der Waals surface area contributed by atoms with Gasteiger partial charge in [-0.2, -0.15) is 0 Å². The number of nitro groups is 1. The minimum atomic E-state index is -4.32. The summed E-state index contributed by atoms with van der Waals surface area (Å²) in [5.41, 5.74) is -0.138. The number of likely N-dealkylation sites (tertiary alicyclic amines) is 1. The lowest BCUT2D eigenvalue weighted by atomic mass is 9.96. The van der Waals surface area contributed by atoms with Crippen molar-refractivity contribution in [2.45, 2.75) is 17.7 Å². The van der Waals surface area contributed by atoms with Crippen molar-refractivity contribution in [2.24, 2.45) is 5.92 Å². The van der Waals surface area contributed by atoms with Gasteiger partial charge in [0.15, 0.2) is 0 Å². The van der Waals surface area contributed by atoms with Crippen molar-refractivity contribution in [2.75, 3.05) is 31.6 Å². The van der Waals surface area contributed by atoms with Crippen LogP contribution in [0, 0.1) is 16.0 Å². The number of rotatable bonds is 8. The number of sulfonamides is 1. The predicted molar refractivity (Wildman–Crippen MR) is 119 cm³/mol. The second-order valence-corrected chi connectivity index (χ2v) is 9.28. The molecule has 3 rings (SSSR count). The van der Waals surface area contributed by atoms with Crippen molar-refractivity contribution >= 4 is 33.2 Å². The fourth-order valence-electron chi connectivity index (χ4n) is 3.55. The normalized spacial score (nSPS) is 14.5. The number of nitro benzene ring substituents is 1. The van der Waals surface area contributed by atoms with E-state index in [1.807, 2.05) is 4.72 Å². The predicted octanol–water partition coefficient (Wildman–Crippen LogP) is 1.36. The third-order valence-corrected chi connectivity index (χ3v) is 6.75. The molecule has 12 heteroatoms. The number of carbonyl (C=O) groups is 2. The smallest absolute Gasteiger partial charge is 0.293 e. The Bertz CT molecular complexity index is 1130. The van der Waals surface area contributed by atoms with Gasteiger partial charge < -0.3 is 15.3 Å². The number of anilines is 1. The average molecular weight is 477 g/mol. The summed E-state index contributed by atoms with van der Waals surface area (Å²) in [7, 11) is -4.32. The molecule has 0 aliphatic carbocycles. The molecule has 0 aromatic heterocycles. The Labute approximate surface area is 190 Å². The first-order valence-corrected chi connectivity index (χ1v) is 11.7. The van der Waals surface area contributed by atoms with Gasteiger partial charge in [0.25, 0.3) is 21.6 Å². The van der Waals surface area contributed by atoms with Crippen molar-refractivity contribution in [3.63, 3.8) is 0 Å². The number of nitrogens with zero attached hydrogens (tertiary/aromatic N) is 2. The molecule has 3 N–H and O–H groups in total. The van der Waals surface area contributed by atoms with Gasteiger partial charge in [-0.15, -0.1) is 0 Å². The minimum absolute atomic E-state index is 0.139. The molecule has 1 aliphatic rings. The molecule has 2 amide bonds. The molecule has 2 aromatic carbocycles. The zero-order chi connectivity index (χ0) is 24.0. The Hall–Kier alpha value is -3.51. The fourth-order valence-corrected chi connectivity index (χ4v) is 4.54. The molecule has 0 bridgehead atoms. The first kappa shape index (κ1) is 24.1. The van der Waals surface area contributed by atoms with E-state index in [1.165, 1.54) is 24.3 Å². The highest BCUT2D eigenvalue weighted by Gasteiger charge is 2.25. The van der Waals surface area contributed by atoms with Gasteiger partial charge in [0, 0.05) is 31.3 Å². The zero-order valence-corrected chi connectivity index (χ0v) is 18.5. The van der Waals surface area contributed by atoms with E-state index >= 15 is 0 Å². The highest BCUT2D eigenvalue weighted by Crippen LogP contribution is 2.29. The highest BCUT2D eigenvalue weighted by atomic mass is 32.2. The summed E-state index contributed by atoms with van der Waals surface area (Å²) in [6.45, 7) is 0.854. The van der Waals surface area contributed by atoms with E-state index in [0.29, 0.717) is 32.5 Å². The van der Waals surface area contributed by atoms with Crippen LogP contribution in [0.15, 0.2) is 53.4 Å². The lowest BCUT2D eigenvalue weighted by Crippen LogP contribution is -2.41. The topological polar surface area (TPSA) is 159 Å². The van der Waals surface area contributed by atoms with Crippen LogP contribution in [0.5, 0.6) is 0 Å². The molecular weight excluding hydrogens is 452 g/mol. The Balaban J connectivity index is 1.68. The maximum atomic E-state index is 12.6. The van der Waals surface area contributed by atoms with Crippen LogP contribution in [0.25, 0.3) is 0 Å². The Morgan fingerprint density at radius 3 is 2.39 bits per heavy atom. The molecule has 1 fully saturated rings. The maximum absolute atomic E-state index is 12.6. The third kappa shape index (κ3) is 6.05. The van der Waals surface area contributed by atoms with Crippen LogP contribution in [0.4, 0.5) is 11.4 Å². The van der Waals surface area contributed by atoms with Crippen LogP contribution in [-0.4, -0.2) is 61.4 Å². The lowest BCUT2D eigenvalue weighted by Gasteiger charge is -2.31. The standard InChI is InChI=1S/C21H24N4O7S/c26-14-20(27)24-10-8-15(9-11-24)13-22-18-7-6-17(12-19(18)25(29)30)33(31,32)23-21(28)16-4-2-1-3-5-16/h1-7,12,15,22,26H,8-11,13-14H2,(H,23,28). The monoisotopic (exact) mass is 476 g/mol.